The van der Waals surface area contributed by atoms with Gasteiger partial charge in [0.15, 0.2) is 11.0 Å². The number of nitrogens with zero attached hydrogens (tertiary/aromatic N) is 6. The molecular formula is C28H27FN6O3S. The van der Waals surface area contributed by atoms with Crippen LogP contribution in [-0.2, 0) is 12.3 Å². The van der Waals surface area contributed by atoms with Crippen LogP contribution < -0.4 is 4.90 Å². The molecule has 5 rings (SSSR count). The summed E-state index contributed by atoms with van der Waals surface area (Å²) in [4.78, 5) is 27.3. The van der Waals surface area contributed by atoms with E-state index >= 15 is 0 Å². The van der Waals surface area contributed by atoms with E-state index in [0.717, 1.165) is 16.3 Å². The van der Waals surface area contributed by atoms with Crippen LogP contribution >= 0.6 is 11.8 Å². The highest BCUT2D eigenvalue weighted by Gasteiger charge is 2.23. The Bertz CT molecular complexity index is 1470. The normalized spacial score (nSPS) is 13.5. The first-order valence-corrected chi connectivity index (χ1v) is 13.6. The fraction of sp³-hybridized carbons (Fsp3) is 0.250. The number of piperazine rings is 1. The molecule has 0 aliphatic carbocycles. The number of non-ortho nitro benzene ring substituents is 1. The SMILES string of the molecule is CCn1c(SCc2ccc(C(=O)N3CCN(c4ccccc4F)CC3)cc2)nnc1-c1ccc([N+](=O)[O-])cc1. The maximum absolute atomic E-state index is 14.1. The second-order valence-corrected chi connectivity index (χ2v) is 10.0. The van der Waals surface area contributed by atoms with Crippen LogP contribution in [-0.4, -0.2) is 56.7 Å². The molecule has 1 aliphatic rings. The van der Waals surface area contributed by atoms with Crippen LogP contribution in [0, 0.1) is 15.9 Å². The third-order valence-electron chi connectivity index (χ3n) is 6.70. The molecule has 0 atom stereocenters. The highest BCUT2D eigenvalue weighted by atomic mass is 32.2. The molecule has 3 aromatic carbocycles. The molecule has 4 aromatic rings. The van der Waals surface area contributed by atoms with Gasteiger partial charge in [-0.25, -0.2) is 4.39 Å². The average Bonchev–Trinajstić information content (AvgIpc) is 3.39. The summed E-state index contributed by atoms with van der Waals surface area (Å²) in [6.45, 7) is 4.89. The van der Waals surface area contributed by atoms with Crippen LogP contribution in [0.2, 0.25) is 0 Å². The Hall–Kier alpha value is -4.25. The van der Waals surface area contributed by atoms with Crippen molar-refractivity contribution in [2.45, 2.75) is 24.4 Å². The van der Waals surface area contributed by atoms with Gasteiger partial charge in [-0.05, 0) is 48.9 Å². The molecule has 1 amide bonds. The monoisotopic (exact) mass is 546 g/mol. The van der Waals surface area contributed by atoms with Crippen molar-refractivity contribution in [1.82, 2.24) is 19.7 Å². The first-order valence-electron chi connectivity index (χ1n) is 12.6. The smallest absolute Gasteiger partial charge is 0.269 e. The lowest BCUT2D eigenvalue weighted by Crippen LogP contribution is -2.49. The van der Waals surface area contributed by atoms with Crippen molar-refractivity contribution in [3.63, 3.8) is 0 Å². The molecule has 0 saturated carbocycles. The number of halogens is 1. The first kappa shape index (κ1) is 26.4. The molecule has 0 unspecified atom stereocenters. The summed E-state index contributed by atoms with van der Waals surface area (Å²) in [5.41, 5.74) is 3.04. The van der Waals surface area contributed by atoms with Gasteiger partial charge in [0.2, 0.25) is 0 Å². The van der Waals surface area contributed by atoms with E-state index in [0.29, 0.717) is 55.6 Å². The fourth-order valence-electron chi connectivity index (χ4n) is 4.56. The van der Waals surface area contributed by atoms with Crippen molar-refractivity contribution >= 4 is 29.0 Å². The molecule has 0 spiro atoms. The summed E-state index contributed by atoms with van der Waals surface area (Å²) in [6, 6.07) is 20.6. The summed E-state index contributed by atoms with van der Waals surface area (Å²) in [6.07, 6.45) is 0. The van der Waals surface area contributed by atoms with Gasteiger partial charge < -0.3 is 14.4 Å². The van der Waals surface area contributed by atoms with E-state index in [1.54, 1.807) is 24.3 Å². The van der Waals surface area contributed by atoms with E-state index in [2.05, 4.69) is 10.2 Å². The molecule has 1 fully saturated rings. The number of anilines is 1. The summed E-state index contributed by atoms with van der Waals surface area (Å²) < 4.78 is 16.1. The van der Waals surface area contributed by atoms with Gasteiger partial charge in [0, 0.05) is 61.7 Å². The fourth-order valence-corrected chi connectivity index (χ4v) is 5.52. The molecule has 0 N–H and O–H groups in total. The first-order chi connectivity index (χ1) is 18.9. The van der Waals surface area contributed by atoms with E-state index in [1.165, 1.54) is 30.0 Å². The lowest BCUT2D eigenvalue weighted by atomic mass is 10.1. The van der Waals surface area contributed by atoms with E-state index in [4.69, 9.17) is 0 Å². The molecule has 2 heterocycles. The van der Waals surface area contributed by atoms with Crippen molar-refractivity contribution < 1.29 is 14.1 Å². The van der Waals surface area contributed by atoms with Crippen molar-refractivity contribution in [3.05, 3.63) is 99.9 Å². The molecule has 1 aromatic heterocycles. The zero-order valence-corrected chi connectivity index (χ0v) is 22.2. The number of rotatable bonds is 8. The summed E-state index contributed by atoms with van der Waals surface area (Å²) in [7, 11) is 0. The molecule has 1 saturated heterocycles. The van der Waals surface area contributed by atoms with Crippen LogP contribution in [0.3, 0.4) is 0 Å². The predicted molar refractivity (Wildman–Crippen MR) is 148 cm³/mol. The third kappa shape index (κ3) is 5.78. The summed E-state index contributed by atoms with van der Waals surface area (Å²) in [5, 5.41) is 20.3. The van der Waals surface area contributed by atoms with E-state index in [-0.39, 0.29) is 17.4 Å². The second-order valence-electron chi connectivity index (χ2n) is 9.07. The average molecular weight is 547 g/mol. The van der Waals surface area contributed by atoms with Crippen LogP contribution in [0.5, 0.6) is 0 Å². The van der Waals surface area contributed by atoms with E-state index in [1.807, 2.05) is 51.6 Å². The Balaban J connectivity index is 1.18. The molecule has 39 heavy (non-hydrogen) atoms. The maximum atomic E-state index is 14.1. The largest absolute Gasteiger partial charge is 0.366 e. The molecule has 11 heteroatoms. The van der Waals surface area contributed by atoms with Gasteiger partial charge in [-0.2, -0.15) is 0 Å². The van der Waals surface area contributed by atoms with Gasteiger partial charge in [0.1, 0.15) is 5.82 Å². The van der Waals surface area contributed by atoms with Crippen molar-refractivity contribution in [1.29, 1.82) is 0 Å². The Morgan fingerprint density at radius 3 is 2.31 bits per heavy atom. The van der Waals surface area contributed by atoms with Gasteiger partial charge >= 0.3 is 0 Å². The number of nitro groups is 1. The topological polar surface area (TPSA) is 97.4 Å². The Kier molecular flexibility index (Phi) is 7.87. The standard InChI is InChI=1S/C28H27FN6O3S/c1-2-34-26(21-11-13-23(14-12-21)35(37)38)30-31-28(34)39-19-20-7-9-22(10-8-20)27(36)33-17-15-32(16-18-33)25-6-4-3-5-24(25)29/h3-14H,2,15-19H2,1H3. The maximum Gasteiger partial charge on any atom is 0.269 e. The summed E-state index contributed by atoms with van der Waals surface area (Å²) in [5.74, 6) is 1.03. The number of carbonyl (C=O) groups is 1. The third-order valence-corrected chi connectivity index (χ3v) is 7.74. The summed E-state index contributed by atoms with van der Waals surface area (Å²) >= 11 is 1.54. The number of carbonyl (C=O) groups excluding carboxylic acids is 1. The molecule has 0 bridgehead atoms. The van der Waals surface area contributed by atoms with Gasteiger partial charge in [0.25, 0.3) is 11.6 Å². The number of nitro benzene ring substituents is 1. The molecular weight excluding hydrogens is 519 g/mol. The number of thioether (sulfide) groups is 1. The van der Waals surface area contributed by atoms with Gasteiger partial charge in [-0.15, -0.1) is 10.2 Å². The second kappa shape index (κ2) is 11.6. The number of hydrogen-bond acceptors (Lipinski definition) is 7. The number of hydrogen-bond donors (Lipinski definition) is 0. The van der Waals surface area contributed by atoms with Crippen LogP contribution in [0.1, 0.15) is 22.8 Å². The molecule has 200 valence electrons. The number of aromatic nitrogens is 3. The van der Waals surface area contributed by atoms with Gasteiger partial charge in [-0.3, -0.25) is 14.9 Å². The quantitative estimate of drug-likeness (QED) is 0.169. The zero-order chi connectivity index (χ0) is 27.4. The minimum Gasteiger partial charge on any atom is -0.366 e. The number of amides is 1. The van der Waals surface area contributed by atoms with Crippen LogP contribution in [0.15, 0.2) is 78.0 Å². The van der Waals surface area contributed by atoms with E-state index in [9.17, 15) is 19.3 Å². The minimum atomic E-state index is -0.428. The van der Waals surface area contributed by atoms with E-state index < -0.39 is 4.92 Å². The number of benzene rings is 3. The van der Waals surface area contributed by atoms with Crippen molar-refractivity contribution in [2.75, 3.05) is 31.1 Å². The lowest BCUT2D eigenvalue weighted by Gasteiger charge is -2.36. The lowest BCUT2D eigenvalue weighted by molar-refractivity contribution is -0.384. The molecule has 0 radical (unpaired) electrons. The van der Waals surface area contributed by atoms with Crippen molar-refractivity contribution in [2.24, 2.45) is 0 Å². The Labute approximate surface area is 229 Å². The highest BCUT2D eigenvalue weighted by Crippen LogP contribution is 2.28. The zero-order valence-electron chi connectivity index (χ0n) is 21.4. The molecule has 9 nitrogen and oxygen atoms in total. The van der Waals surface area contributed by atoms with Crippen LogP contribution in [0.4, 0.5) is 15.8 Å². The Morgan fingerprint density at radius 1 is 0.974 bits per heavy atom. The van der Waals surface area contributed by atoms with Gasteiger partial charge in [0.05, 0.1) is 10.6 Å². The van der Waals surface area contributed by atoms with Crippen LogP contribution in [0.25, 0.3) is 11.4 Å². The highest BCUT2D eigenvalue weighted by molar-refractivity contribution is 7.98. The predicted octanol–water partition coefficient (Wildman–Crippen LogP) is 5.27. The Morgan fingerprint density at radius 2 is 1.67 bits per heavy atom. The minimum absolute atomic E-state index is 0.0270. The molecule has 1 aliphatic heterocycles. The van der Waals surface area contributed by atoms with Gasteiger partial charge in [-0.1, -0.05) is 36.0 Å². The van der Waals surface area contributed by atoms with Crippen molar-refractivity contribution in [3.8, 4) is 11.4 Å². The number of para-hydroxylation sites is 1.